The van der Waals surface area contributed by atoms with Gasteiger partial charge in [-0.3, -0.25) is 14.4 Å². The van der Waals surface area contributed by atoms with Crippen LogP contribution in [0.3, 0.4) is 0 Å². The Labute approximate surface area is 361 Å². The molecule has 0 saturated heterocycles. The van der Waals surface area contributed by atoms with Gasteiger partial charge in [0.15, 0.2) is 6.10 Å². The smallest absolute Gasteiger partial charge is 0.306 e. The summed E-state index contributed by atoms with van der Waals surface area (Å²) in [6, 6.07) is 0. The van der Waals surface area contributed by atoms with Crippen LogP contribution in [0.25, 0.3) is 0 Å². The van der Waals surface area contributed by atoms with E-state index in [4.69, 9.17) is 14.2 Å². The second-order valence-corrected chi connectivity index (χ2v) is 17.8. The van der Waals surface area contributed by atoms with Gasteiger partial charge in [0.1, 0.15) is 13.2 Å². The zero-order valence-electron chi connectivity index (χ0n) is 39.3. The summed E-state index contributed by atoms with van der Waals surface area (Å²) in [4.78, 5) is 37.9. The normalized spacial score (nSPS) is 11.8. The fourth-order valence-corrected chi connectivity index (χ4v) is 7.92. The minimum atomic E-state index is -0.759. The van der Waals surface area contributed by atoms with E-state index in [2.05, 4.69) is 20.8 Å². The molecule has 0 aliphatic carbocycles. The maximum Gasteiger partial charge on any atom is 0.306 e. The first kappa shape index (κ1) is 56.4. The molecule has 0 fully saturated rings. The summed E-state index contributed by atoms with van der Waals surface area (Å²) < 4.78 is 16.8. The molecule has 58 heavy (non-hydrogen) atoms. The molecule has 0 heterocycles. The maximum absolute atomic E-state index is 12.7. The average Bonchev–Trinajstić information content (AvgIpc) is 3.22. The maximum atomic E-state index is 12.7. The van der Waals surface area contributed by atoms with Crippen LogP contribution in [0, 0.1) is 0 Å². The first-order chi connectivity index (χ1) is 28.5. The van der Waals surface area contributed by atoms with E-state index in [0.717, 1.165) is 57.8 Å². The van der Waals surface area contributed by atoms with Gasteiger partial charge in [-0.2, -0.15) is 0 Å². The van der Waals surface area contributed by atoms with Crippen molar-refractivity contribution < 1.29 is 28.6 Å². The van der Waals surface area contributed by atoms with Gasteiger partial charge in [0.2, 0.25) is 0 Å². The second kappa shape index (κ2) is 48.1. The third-order valence-electron chi connectivity index (χ3n) is 11.9. The molecular formula is C52H100O6. The molecule has 6 heteroatoms. The van der Waals surface area contributed by atoms with Gasteiger partial charge >= 0.3 is 17.9 Å². The van der Waals surface area contributed by atoms with Crippen LogP contribution in [0.2, 0.25) is 0 Å². The number of unbranched alkanes of at least 4 members (excludes halogenated alkanes) is 37. The predicted molar refractivity (Wildman–Crippen MR) is 247 cm³/mol. The SMILES string of the molecule is CCCCCCCCCCCCCCCCCCC(=O)OC[C@@H](COC(=O)CCCCCCCCCCCCCCCC)OC(=O)CCCCCCCCCCCC. The van der Waals surface area contributed by atoms with Crippen LogP contribution in [0.5, 0.6) is 0 Å². The fraction of sp³-hybridized carbons (Fsp3) is 0.942. The Bertz CT molecular complexity index is 859. The van der Waals surface area contributed by atoms with Gasteiger partial charge in [0, 0.05) is 19.3 Å². The van der Waals surface area contributed by atoms with E-state index < -0.39 is 6.10 Å². The molecule has 0 N–H and O–H groups in total. The van der Waals surface area contributed by atoms with Crippen LogP contribution in [0.15, 0.2) is 0 Å². The number of carbonyl (C=O) groups is 3. The lowest BCUT2D eigenvalue weighted by Crippen LogP contribution is -2.30. The fourth-order valence-electron chi connectivity index (χ4n) is 7.92. The van der Waals surface area contributed by atoms with Crippen molar-refractivity contribution >= 4 is 17.9 Å². The number of hydrogen-bond donors (Lipinski definition) is 0. The quantitative estimate of drug-likeness (QED) is 0.0346. The molecule has 0 aliphatic heterocycles. The topological polar surface area (TPSA) is 78.9 Å². The van der Waals surface area contributed by atoms with Gasteiger partial charge in [-0.25, -0.2) is 0 Å². The number of hydrogen-bond acceptors (Lipinski definition) is 6. The van der Waals surface area contributed by atoms with Gasteiger partial charge < -0.3 is 14.2 Å². The highest BCUT2D eigenvalue weighted by atomic mass is 16.6. The molecule has 0 aliphatic rings. The monoisotopic (exact) mass is 821 g/mol. The van der Waals surface area contributed by atoms with Crippen LogP contribution < -0.4 is 0 Å². The van der Waals surface area contributed by atoms with Crippen LogP contribution in [-0.4, -0.2) is 37.2 Å². The van der Waals surface area contributed by atoms with Crippen molar-refractivity contribution in [2.45, 2.75) is 303 Å². The summed E-state index contributed by atoms with van der Waals surface area (Å²) in [7, 11) is 0. The lowest BCUT2D eigenvalue weighted by Gasteiger charge is -2.18. The molecule has 344 valence electrons. The summed E-state index contributed by atoms with van der Waals surface area (Å²) in [5.41, 5.74) is 0. The van der Waals surface area contributed by atoms with E-state index in [1.807, 2.05) is 0 Å². The molecule has 0 radical (unpaired) electrons. The summed E-state index contributed by atoms with van der Waals surface area (Å²) in [6.07, 6.45) is 50.8. The molecule has 0 spiro atoms. The van der Waals surface area contributed by atoms with Crippen molar-refractivity contribution in [2.75, 3.05) is 13.2 Å². The Morgan fingerprint density at radius 3 is 0.690 bits per heavy atom. The van der Waals surface area contributed by atoms with Gasteiger partial charge in [-0.1, -0.05) is 258 Å². The third kappa shape index (κ3) is 45.5. The van der Waals surface area contributed by atoms with Gasteiger partial charge in [0.25, 0.3) is 0 Å². The van der Waals surface area contributed by atoms with Crippen LogP contribution >= 0.6 is 0 Å². The van der Waals surface area contributed by atoms with Crippen LogP contribution in [-0.2, 0) is 28.6 Å². The van der Waals surface area contributed by atoms with Crippen molar-refractivity contribution in [1.82, 2.24) is 0 Å². The number of ether oxygens (including phenoxy) is 3. The predicted octanol–water partition coefficient (Wildman–Crippen LogP) is 16.8. The van der Waals surface area contributed by atoms with Crippen LogP contribution in [0.4, 0.5) is 0 Å². The van der Waals surface area contributed by atoms with Gasteiger partial charge in [0.05, 0.1) is 0 Å². The highest BCUT2D eigenvalue weighted by Gasteiger charge is 2.19. The number of rotatable bonds is 48. The Kier molecular flexibility index (Phi) is 46.8. The van der Waals surface area contributed by atoms with E-state index in [0.29, 0.717) is 19.3 Å². The lowest BCUT2D eigenvalue weighted by atomic mass is 10.0. The Morgan fingerprint density at radius 1 is 0.276 bits per heavy atom. The number of carbonyl (C=O) groups excluding carboxylic acids is 3. The van der Waals surface area contributed by atoms with Crippen molar-refractivity contribution in [3.8, 4) is 0 Å². The van der Waals surface area contributed by atoms with Gasteiger partial charge in [-0.15, -0.1) is 0 Å². The van der Waals surface area contributed by atoms with E-state index >= 15 is 0 Å². The minimum absolute atomic E-state index is 0.0619. The molecule has 0 unspecified atom stereocenters. The molecular weight excluding hydrogens is 721 g/mol. The largest absolute Gasteiger partial charge is 0.462 e. The molecule has 0 amide bonds. The Hall–Kier alpha value is -1.59. The molecule has 0 aromatic carbocycles. The first-order valence-electron chi connectivity index (χ1n) is 26.0. The molecule has 0 rings (SSSR count). The molecule has 6 nitrogen and oxygen atoms in total. The van der Waals surface area contributed by atoms with Crippen molar-refractivity contribution in [1.29, 1.82) is 0 Å². The van der Waals surface area contributed by atoms with E-state index in [-0.39, 0.29) is 31.1 Å². The summed E-state index contributed by atoms with van der Waals surface area (Å²) in [6.45, 7) is 6.67. The molecule has 0 bridgehead atoms. The summed E-state index contributed by atoms with van der Waals surface area (Å²) in [5.74, 6) is -0.842. The van der Waals surface area contributed by atoms with E-state index in [9.17, 15) is 14.4 Å². The van der Waals surface area contributed by atoms with E-state index in [1.165, 1.54) is 199 Å². The zero-order valence-corrected chi connectivity index (χ0v) is 39.3. The first-order valence-corrected chi connectivity index (χ1v) is 26.0. The molecule has 0 aromatic heterocycles. The average molecular weight is 821 g/mol. The molecule has 0 saturated carbocycles. The van der Waals surface area contributed by atoms with Crippen LogP contribution in [0.1, 0.15) is 297 Å². The van der Waals surface area contributed by atoms with Crippen molar-refractivity contribution in [3.63, 3.8) is 0 Å². The highest BCUT2D eigenvalue weighted by molar-refractivity contribution is 5.71. The standard InChI is InChI=1S/C52H100O6/c1-4-7-10-13-16-19-22-24-26-27-29-31-34-36-39-42-45-51(54)57-48-49(58-52(55)46-43-40-37-32-21-18-15-12-9-6-3)47-56-50(53)44-41-38-35-33-30-28-25-23-20-17-14-11-8-5-2/h49H,4-48H2,1-3H3/t49-/m1/s1. The lowest BCUT2D eigenvalue weighted by molar-refractivity contribution is -0.167. The molecule has 1 atom stereocenters. The Balaban J connectivity index is 4.25. The van der Waals surface area contributed by atoms with E-state index in [1.54, 1.807) is 0 Å². The third-order valence-corrected chi connectivity index (χ3v) is 11.9. The van der Waals surface area contributed by atoms with Crippen molar-refractivity contribution in [3.05, 3.63) is 0 Å². The highest BCUT2D eigenvalue weighted by Crippen LogP contribution is 2.17. The Morgan fingerprint density at radius 2 is 0.466 bits per heavy atom. The minimum Gasteiger partial charge on any atom is -0.462 e. The summed E-state index contributed by atoms with van der Waals surface area (Å²) in [5, 5.41) is 0. The summed E-state index contributed by atoms with van der Waals surface area (Å²) >= 11 is 0. The zero-order chi connectivity index (χ0) is 42.3. The second-order valence-electron chi connectivity index (χ2n) is 17.8. The molecule has 0 aromatic rings. The van der Waals surface area contributed by atoms with Gasteiger partial charge in [-0.05, 0) is 19.3 Å². The number of esters is 3. The van der Waals surface area contributed by atoms with Crippen molar-refractivity contribution in [2.24, 2.45) is 0 Å².